The minimum absolute atomic E-state index is 0.0213. The van der Waals surface area contributed by atoms with Crippen LogP contribution in [0, 0.1) is 11.7 Å². The molecule has 30 heavy (non-hydrogen) atoms. The van der Waals surface area contributed by atoms with E-state index >= 15 is 0 Å². The number of carbonyl (C=O) groups excluding carboxylic acids is 2. The standard InChI is InChI=1S/C23H19FN2O4/c24-20-9-22-16(6-17(27)13-30-22)7-19(20)23(28)26-10-14(11-26)12-29-18-4-3-15-2-1-5-25-21(15)8-18/h1-5,7-9,14H,6,10-13H2. The zero-order valence-electron chi connectivity index (χ0n) is 16.1. The third-order valence-corrected chi connectivity index (χ3v) is 5.46. The lowest BCUT2D eigenvalue weighted by Gasteiger charge is -2.39. The number of benzene rings is 2. The Bertz CT molecular complexity index is 1160. The van der Waals surface area contributed by atoms with Crippen LogP contribution in [0.3, 0.4) is 0 Å². The van der Waals surface area contributed by atoms with E-state index in [0.29, 0.717) is 31.0 Å². The lowest BCUT2D eigenvalue weighted by Crippen LogP contribution is -2.52. The molecule has 0 spiro atoms. The summed E-state index contributed by atoms with van der Waals surface area (Å²) in [6.45, 7) is 1.41. The van der Waals surface area contributed by atoms with Crippen LogP contribution in [0.2, 0.25) is 0 Å². The van der Waals surface area contributed by atoms with Crippen molar-refractivity contribution in [2.45, 2.75) is 6.42 Å². The van der Waals surface area contributed by atoms with E-state index in [1.165, 1.54) is 12.1 Å². The Morgan fingerprint density at radius 1 is 1.23 bits per heavy atom. The van der Waals surface area contributed by atoms with Crippen molar-refractivity contribution in [2.24, 2.45) is 5.92 Å². The number of aromatic nitrogens is 1. The maximum Gasteiger partial charge on any atom is 0.256 e. The summed E-state index contributed by atoms with van der Waals surface area (Å²) in [4.78, 5) is 30.2. The highest BCUT2D eigenvalue weighted by Crippen LogP contribution is 2.29. The van der Waals surface area contributed by atoms with Gasteiger partial charge < -0.3 is 14.4 Å². The molecule has 152 valence electrons. The summed E-state index contributed by atoms with van der Waals surface area (Å²) in [7, 11) is 0. The summed E-state index contributed by atoms with van der Waals surface area (Å²) >= 11 is 0. The van der Waals surface area contributed by atoms with E-state index in [9.17, 15) is 14.0 Å². The molecule has 2 aromatic carbocycles. The quantitative estimate of drug-likeness (QED) is 0.666. The average molecular weight is 406 g/mol. The zero-order chi connectivity index (χ0) is 20.7. The summed E-state index contributed by atoms with van der Waals surface area (Å²) < 4.78 is 25.5. The second kappa shape index (κ2) is 7.40. The van der Waals surface area contributed by atoms with Crippen LogP contribution in [0.4, 0.5) is 4.39 Å². The topological polar surface area (TPSA) is 68.7 Å². The fourth-order valence-corrected chi connectivity index (χ4v) is 3.82. The number of carbonyl (C=O) groups is 2. The number of nitrogens with zero attached hydrogens (tertiary/aromatic N) is 2. The predicted octanol–water partition coefficient (Wildman–Crippen LogP) is 3.03. The van der Waals surface area contributed by atoms with Crippen molar-refractivity contribution in [2.75, 3.05) is 26.3 Å². The van der Waals surface area contributed by atoms with E-state index in [0.717, 1.165) is 16.7 Å². The van der Waals surface area contributed by atoms with E-state index in [-0.39, 0.29) is 36.2 Å². The van der Waals surface area contributed by atoms with Gasteiger partial charge in [0.15, 0.2) is 5.78 Å². The molecule has 0 bridgehead atoms. The van der Waals surface area contributed by atoms with Gasteiger partial charge in [-0.25, -0.2) is 4.39 Å². The third-order valence-electron chi connectivity index (χ3n) is 5.46. The first-order valence-corrected chi connectivity index (χ1v) is 9.80. The largest absolute Gasteiger partial charge is 0.493 e. The third kappa shape index (κ3) is 3.47. The van der Waals surface area contributed by atoms with Gasteiger partial charge in [0.1, 0.15) is 23.9 Å². The minimum atomic E-state index is -0.628. The van der Waals surface area contributed by atoms with Crippen molar-refractivity contribution in [1.82, 2.24) is 9.88 Å². The van der Waals surface area contributed by atoms with Gasteiger partial charge in [0.05, 0.1) is 17.7 Å². The maximum absolute atomic E-state index is 14.4. The van der Waals surface area contributed by atoms with Gasteiger partial charge in [-0.2, -0.15) is 0 Å². The van der Waals surface area contributed by atoms with Gasteiger partial charge in [-0.05, 0) is 24.3 Å². The van der Waals surface area contributed by atoms with Crippen LogP contribution in [0.25, 0.3) is 10.9 Å². The highest BCUT2D eigenvalue weighted by atomic mass is 19.1. The van der Waals surface area contributed by atoms with Gasteiger partial charge >= 0.3 is 0 Å². The number of likely N-dealkylation sites (tertiary alicyclic amines) is 1. The van der Waals surface area contributed by atoms with Crippen molar-refractivity contribution in [3.05, 3.63) is 65.6 Å². The van der Waals surface area contributed by atoms with Gasteiger partial charge in [-0.15, -0.1) is 0 Å². The molecular weight excluding hydrogens is 387 g/mol. The first-order chi connectivity index (χ1) is 14.6. The van der Waals surface area contributed by atoms with E-state index < -0.39 is 5.82 Å². The molecule has 2 aliphatic heterocycles. The Balaban J connectivity index is 1.20. The van der Waals surface area contributed by atoms with Crippen molar-refractivity contribution < 1.29 is 23.5 Å². The average Bonchev–Trinajstić information content (AvgIpc) is 2.72. The van der Waals surface area contributed by atoms with Crippen LogP contribution < -0.4 is 9.47 Å². The van der Waals surface area contributed by atoms with Crippen LogP contribution in [0.15, 0.2) is 48.7 Å². The maximum atomic E-state index is 14.4. The number of ketones is 1. The van der Waals surface area contributed by atoms with E-state index in [1.54, 1.807) is 11.1 Å². The number of ether oxygens (including phenoxy) is 2. The van der Waals surface area contributed by atoms with Gasteiger partial charge in [-0.1, -0.05) is 6.07 Å². The fourth-order valence-electron chi connectivity index (χ4n) is 3.82. The normalized spacial score (nSPS) is 16.0. The van der Waals surface area contributed by atoms with Crippen molar-refractivity contribution >= 4 is 22.6 Å². The van der Waals surface area contributed by atoms with Crippen LogP contribution >= 0.6 is 0 Å². The molecular formula is C23H19FN2O4. The first kappa shape index (κ1) is 18.5. The second-order valence-corrected chi connectivity index (χ2v) is 7.69. The van der Waals surface area contributed by atoms with E-state index in [1.807, 2.05) is 30.3 Å². The molecule has 0 aliphatic carbocycles. The second-order valence-electron chi connectivity index (χ2n) is 7.69. The molecule has 0 unspecified atom stereocenters. The van der Waals surface area contributed by atoms with Crippen molar-refractivity contribution in [3.63, 3.8) is 0 Å². The molecule has 1 fully saturated rings. The van der Waals surface area contributed by atoms with Gasteiger partial charge in [0.2, 0.25) is 0 Å². The van der Waals surface area contributed by atoms with Crippen LogP contribution in [0.5, 0.6) is 11.5 Å². The molecule has 3 aromatic rings. The summed E-state index contributed by atoms with van der Waals surface area (Å²) in [5, 5.41) is 1.05. The summed E-state index contributed by atoms with van der Waals surface area (Å²) in [6.07, 6.45) is 1.90. The van der Waals surface area contributed by atoms with E-state index in [4.69, 9.17) is 9.47 Å². The predicted molar refractivity (Wildman–Crippen MR) is 107 cm³/mol. The lowest BCUT2D eigenvalue weighted by molar-refractivity contribution is -0.121. The summed E-state index contributed by atoms with van der Waals surface area (Å²) in [5.74, 6) is 0.160. The molecule has 0 atom stereocenters. The molecule has 0 radical (unpaired) electrons. The molecule has 0 saturated carbocycles. The fraction of sp³-hybridized carbons (Fsp3) is 0.261. The van der Waals surface area contributed by atoms with Crippen LogP contribution in [-0.4, -0.2) is 47.9 Å². The number of Topliss-reactive ketones (excluding diaryl/α,β-unsaturated/α-hetero) is 1. The molecule has 0 N–H and O–H groups in total. The molecule has 1 amide bonds. The molecule has 1 aromatic heterocycles. The monoisotopic (exact) mass is 406 g/mol. The number of amides is 1. The number of fused-ring (bicyclic) bond motifs is 2. The molecule has 2 aliphatic rings. The highest BCUT2D eigenvalue weighted by Gasteiger charge is 2.33. The van der Waals surface area contributed by atoms with Gasteiger partial charge in [-0.3, -0.25) is 14.6 Å². The summed E-state index contributed by atoms with van der Waals surface area (Å²) in [5.41, 5.74) is 1.40. The van der Waals surface area contributed by atoms with Gasteiger partial charge in [0, 0.05) is 54.7 Å². The zero-order valence-corrected chi connectivity index (χ0v) is 16.1. The Morgan fingerprint density at radius 2 is 2.10 bits per heavy atom. The Labute approximate surface area is 172 Å². The minimum Gasteiger partial charge on any atom is -0.493 e. The first-order valence-electron chi connectivity index (χ1n) is 9.80. The smallest absolute Gasteiger partial charge is 0.256 e. The molecule has 5 rings (SSSR count). The van der Waals surface area contributed by atoms with Crippen molar-refractivity contribution in [3.8, 4) is 11.5 Å². The van der Waals surface area contributed by atoms with Crippen LogP contribution in [0.1, 0.15) is 15.9 Å². The molecule has 7 heteroatoms. The SMILES string of the molecule is O=C1COc2cc(F)c(C(=O)N3CC(COc4ccc5cccnc5c4)C3)cc2C1. The van der Waals surface area contributed by atoms with Gasteiger partial charge in [0.25, 0.3) is 5.91 Å². The number of pyridine rings is 1. The number of hydrogen-bond donors (Lipinski definition) is 0. The Hall–Kier alpha value is -3.48. The number of rotatable bonds is 4. The Morgan fingerprint density at radius 3 is 2.97 bits per heavy atom. The van der Waals surface area contributed by atoms with Crippen molar-refractivity contribution in [1.29, 1.82) is 0 Å². The highest BCUT2D eigenvalue weighted by molar-refractivity contribution is 5.96. The van der Waals surface area contributed by atoms with Crippen LogP contribution in [-0.2, 0) is 11.2 Å². The number of halogens is 1. The lowest BCUT2D eigenvalue weighted by atomic mass is 9.97. The molecule has 6 nitrogen and oxygen atoms in total. The summed E-state index contributed by atoms with van der Waals surface area (Å²) in [6, 6.07) is 12.3. The van der Waals surface area contributed by atoms with E-state index in [2.05, 4.69) is 4.98 Å². The molecule has 3 heterocycles. The Kier molecular flexibility index (Phi) is 4.58. The number of hydrogen-bond acceptors (Lipinski definition) is 5. The molecule has 1 saturated heterocycles.